The van der Waals surface area contributed by atoms with Crippen molar-refractivity contribution in [2.24, 2.45) is 5.92 Å². The normalized spacial score (nSPS) is 12.3. The Balaban J connectivity index is 2.59. The van der Waals surface area contributed by atoms with Gasteiger partial charge in [-0.3, -0.25) is 10.1 Å². The molecular weight excluding hydrogens is 280 g/mol. The molecule has 108 valence electrons. The minimum absolute atomic E-state index is 0.157. The van der Waals surface area contributed by atoms with Crippen LogP contribution in [0.4, 0.5) is 4.79 Å². The molecule has 1 rings (SSSR count). The summed E-state index contributed by atoms with van der Waals surface area (Å²) in [5.74, 6) is -1.87. The van der Waals surface area contributed by atoms with Crippen LogP contribution in [-0.4, -0.2) is 23.0 Å². The fraction of sp³-hybridized carbons (Fsp3) is 0.308. The summed E-state index contributed by atoms with van der Waals surface area (Å²) >= 11 is 1.52. The third-order valence-corrected chi connectivity index (χ3v) is 3.37. The van der Waals surface area contributed by atoms with Crippen LogP contribution in [-0.2, 0) is 9.59 Å². The number of carbonyl (C=O) groups excluding carboxylic acids is 2. The Hall–Kier alpha value is -2.15. The van der Waals surface area contributed by atoms with Crippen LogP contribution in [0.15, 0.2) is 29.7 Å². The monoisotopic (exact) mass is 296 g/mol. The number of carboxylic acid groups (broad SMARTS) is 1. The minimum Gasteiger partial charge on any atom is -0.478 e. The zero-order valence-corrected chi connectivity index (χ0v) is 11.9. The molecular formula is C13H16N2O4S. The zero-order chi connectivity index (χ0) is 15.1. The number of rotatable bonds is 5. The number of hydrogen-bond donors (Lipinski definition) is 3. The van der Waals surface area contributed by atoms with Crippen molar-refractivity contribution in [2.45, 2.75) is 19.9 Å². The zero-order valence-electron chi connectivity index (χ0n) is 11.1. The van der Waals surface area contributed by atoms with Crippen LogP contribution < -0.4 is 10.6 Å². The van der Waals surface area contributed by atoms with Crippen molar-refractivity contribution in [2.75, 3.05) is 0 Å². The van der Waals surface area contributed by atoms with Crippen LogP contribution in [0.1, 0.15) is 24.8 Å². The molecule has 7 heteroatoms. The standard InChI is InChI=1S/C13H16N2O4S/c1-8(2)12(9-4-3-7-20-9)15-13(19)14-10(16)5-6-11(17)18/h3-8,12H,1-2H3,(H,17,18)(H2,14,15,16,19). The van der Waals surface area contributed by atoms with E-state index >= 15 is 0 Å². The lowest BCUT2D eigenvalue weighted by Gasteiger charge is -2.20. The Morgan fingerprint density at radius 1 is 1.30 bits per heavy atom. The molecule has 0 saturated heterocycles. The van der Waals surface area contributed by atoms with Crippen molar-refractivity contribution < 1.29 is 19.5 Å². The largest absolute Gasteiger partial charge is 0.478 e. The molecule has 20 heavy (non-hydrogen) atoms. The van der Waals surface area contributed by atoms with Gasteiger partial charge in [-0.1, -0.05) is 19.9 Å². The Kier molecular flexibility index (Phi) is 5.92. The highest BCUT2D eigenvalue weighted by atomic mass is 32.1. The van der Waals surface area contributed by atoms with Gasteiger partial charge in [-0.25, -0.2) is 9.59 Å². The van der Waals surface area contributed by atoms with Crippen molar-refractivity contribution in [3.63, 3.8) is 0 Å². The SMILES string of the molecule is CC(C)C(NC(=O)NC(=O)C=CC(=O)O)c1cccs1. The van der Waals surface area contributed by atoms with Gasteiger partial charge in [0, 0.05) is 17.0 Å². The topological polar surface area (TPSA) is 95.5 Å². The second-order valence-corrected chi connectivity index (χ2v) is 5.35. The third kappa shape index (κ3) is 5.23. The smallest absolute Gasteiger partial charge is 0.328 e. The number of carbonyl (C=O) groups is 3. The number of thiophene rings is 1. The van der Waals surface area contributed by atoms with Gasteiger partial charge in [0.15, 0.2) is 0 Å². The summed E-state index contributed by atoms with van der Waals surface area (Å²) in [4.78, 5) is 34.2. The van der Waals surface area contributed by atoms with Crippen molar-refractivity contribution in [3.05, 3.63) is 34.5 Å². The van der Waals surface area contributed by atoms with Gasteiger partial charge in [-0.05, 0) is 17.4 Å². The summed E-state index contributed by atoms with van der Waals surface area (Å²) < 4.78 is 0. The molecule has 1 heterocycles. The molecule has 1 aromatic rings. The van der Waals surface area contributed by atoms with Crippen LogP contribution in [0.5, 0.6) is 0 Å². The Morgan fingerprint density at radius 3 is 2.50 bits per heavy atom. The molecule has 1 unspecified atom stereocenters. The number of hydrogen-bond acceptors (Lipinski definition) is 4. The number of urea groups is 1. The summed E-state index contributed by atoms with van der Waals surface area (Å²) in [6, 6.07) is 2.93. The third-order valence-electron chi connectivity index (χ3n) is 2.42. The summed E-state index contributed by atoms with van der Waals surface area (Å²) in [7, 11) is 0. The van der Waals surface area contributed by atoms with E-state index < -0.39 is 17.9 Å². The first-order chi connectivity index (χ1) is 9.40. The van der Waals surface area contributed by atoms with Crippen LogP contribution in [0, 0.1) is 5.92 Å². The second-order valence-electron chi connectivity index (χ2n) is 4.37. The molecule has 0 fully saturated rings. The Morgan fingerprint density at radius 2 is 2.00 bits per heavy atom. The highest BCUT2D eigenvalue weighted by Crippen LogP contribution is 2.25. The van der Waals surface area contributed by atoms with E-state index in [1.807, 2.05) is 36.7 Å². The lowest BCUT2D eigenvalue weighted by atomic mass is 10.0. The highest BCUT2D eigenvalue weighted by Gasteiger charge is 2.19. The van der Waals surface area contributed by atoms with E-state index in [1.165, 1.54) is 11.3 Å². The van der Waals surface area contributed by atoms with Gasteiger partial charge in [-0.15, -0.1) is 11.3 Å². The molecule has 0 aromatic carbocycles. The Bertz CT molecular complexity index is 508. The van der Waals surface area contributed by atoms with Crippen LogP contribution in [0.25, 0.3) is 0 Å². The van der Waals surface area contributed by atoms with E-state index in [9.17, 15) is 14.4 Å². The van der Waals surface area contributed by atoms with E-state index in [2.05, 4.69) is 5.32 Å². The van der Waals surface area contributed by atoms with Crippen molar-refractivity contribution in [1.82, 2.24) is 10.6 Å². The first-order valence-electron chi connectivity index (χ1n) is 5.96. The number of carboxylic acids is 1. The van der Waals surface area contributed by atoms with Gasteiger partial charge in [0.1, 0.15) is 0 Å². The summed E-state index contributed by atoms with van der Waals surface area (Å²) in [5, 5.41) is 15.0. The number of aliphatic carboxylic acids is 1. The maximum atomic E-state index is 11.7. The van der Waals surface area contributed by atoms with E-state index in [4.69, 9.17) is 5.11 Å². The molecule has 3 N–H and O–H groups in total. The summed E-state index contributed by atoms with van der Waals surface area (Å²) in [6.45, 7) is 3.91. The number of nitrogens with one attached hydrogen (secondary N) is 2. The van der Waals surface area contributed by atoms with E-state index in [1.54, 1.807) is 0 Å². The predicted octanol–water partition coefficient (Wildman–Crippen LogP) is 1.91. The molecule has 0 aliphatic carbocycles. The van der Waals surface area contributed by atoms with E-state index in [-0.39, 0.29) is 12.0 Å². The van der Waals surface area contributed by atoms with Gasteiger partial charge >= 0.3 is 12.0 Å². The quantitative estimate of drug-likeness (QED) is 0.723. The predicted molar refractivity (Wildman–Crippen MR) is 75.3 cm³/mol. The fourth-order valence-electron chi connectivity index (χ4n) is 1.51. The van der Waals surface area contributed by atoms with Crippen molar-refractivity contribution in [3.8, 4) is 0 Å². The highest BCUT2D eigenvalue weighted by molar-refractivity contribution is 7.10. The second kappa shape index (κ2) is 7.44. The number of amides is 3. The molecule has 0 bridgehead atoms. The average Bonchev–Trinajstić information content (AvgIpc) is 2.86. The molecule has 1 atom stereocenters. The molecule has 0 saturated carbocycles. The maximum Gasteiger partial charge on any atom is 0.328 e. The lowest BCUT2D eigenvalue weighted by molar-refractivity contribution is -0.131. The summed E-state index contributed by atoms with van der Waals surface area (Å²) in [5.41, 5.74) is 0. The van der Waals surface area contributed by atoms with Gasteiger partial charge in [0.05, 0.1) is 6.04 Å². The Labute approximate surface area is 120 Å². The molecule has 0 spiro atoms. The van der Waals surface area contributed by atoms with Crippen molar-refractivity contribution >= 4 is 29.2 Å². The van der Waals surface area contributed by atoms with Gasteiger partial charge < -0.3 is 10.4 Å². The number of imide groups is 1. The fourth-order valence-corrected chi connectivity index (χ4v) is 2.46. The van der Waals surface area contributed by atoms with Gasteiger partial charge in [0.25, 0.3) is 5.91 Å². The average molecular weight is 296 g/mol. The van der Waals surface area contributed by atoms with E-state index in [0.29, 0.717) is 6.08 Å². The molecule has 1 aromatic heterocycles. The molecule has 0 aliphatic rings. The molecule has 6 nitrogen and oxygen atoms in total. The minimum atomic E-state index is -1.25. The van der Waals surface area contributed by atoms with Crippen LogP contribution in [0.3, 0.4) is 0 Å². The first-order valence-corrected chi connectivity index (χ1v) is 6.84. The van der Waals surface area contributed by atoms with Crippen LogP contribution in [0.2, 0.25) is 0 Å². The maximum absolute atomic E-state index is 11.7. The molecule has 3 amide bonds. The van der Waals surface area contributed by atoms with Crippen LogP contribution >= 0.6 is 11.3 Å². The first kappa shape index (κ1) is 15.9. The lowest BCUT2D eigenvalue weighted by Crippen LogP contribution is -2.41. The van der Waals surface area contributed by atoms with Gasteiger partial charge in [0.2, 0.25) is 0 Å². The van der Waals surface area contributed by atoms with Crippen molar-refractivity contribution in [1.29, 1.82) is 0 Å². The van der Waals surface area contributed by atoms with E-state index in [0.717, 1.165) is 11.0 Å². The summed E-state index contributed by atoms with van der Waals surface area (Å²) in [6.07, 6.45) is 1.46. The molecule has 0 radical (unpaired) electrons. The molecule has 0 aliphatic heterocycles. The van der Waals surface area contributed by atoms with Gasteiger partial charge in [-0.2, -0.15) is 0 Å².